The first kappa shape index (κ1) is 14.4. The quantitative estimate of drug-likeness (QED) is 0.634. The average Bonchev–Trinajstić information content (AvgIpc) is 2.27. The maximum Gasteiger partial charge on any atom is 0.230 e. The molecule has 19 heavy (non-hydrogen) atoms. The molecule has 0 fully saturated rings. The number of nitrogens with zero attached hydrogens (tertiary/aromatic N) is 2. The average molecular weight is 367 g/mol. The molecule has 0 aliphatic carbocycles. The van der Waals surface area contributed by atoms with Gasteiger partial charge in [-0.15, -0.1) is 0 Å². The maximum atomic E-state index is 14.0. The Morgan fingerprint density at radius 3 is 2.79 bits per heavy atom. The van der Waals surface area contributed by atoms with E-state index >= 15 is 0 Å². The van der Waals surface area contributed by atoms with Crippen LogP contribution in [-0.2, 0) is 9.79 Å². The van der Waals surface area contributed by atoms with Crippen LogP contribution in [0.5, 0.6) is 0 Å². The highest BCUT2D eigenvalue weighted by atomic mass is 79.9. The van der Waals surface area contributed by atoms with Crippen LogP contribution in [-0.4, -0.2) is 17.4 Å². The molecule has 1 amide bonds. The molecule has 1 aromatic rings. The first-order valence-electron chi connectivity index (χ1n) is 5.08. The smallest absolute Gasteiger partial charge is 0.230 e. The molecule has 0 aromatic heterocycles. The van der Waals surface area contributed by atoms with Gasteiger partial charge in [0.15, 0.2) is 5.00 Å². The third-order valence-corrected chi connectivity index (χ3v) is 3.97. The van der Waals surface area contributed by atoms with E-state index in [-0.39, 0.29) is 10.9 Å². The lowest BCUT2D eigenvalue weighted by Gasteiger charge is -2.31. The first-order valence-corrected chi connectivity index (χ1v) is 6.63. The number of halogens is 4. The molecule has 0 saturated carbocycles. The van der Waals surface area contributed by atoms with Crippen LogP contribution >= 0.6 is 39.1 Å². The minimum Gasteiger partial charge on any atom is -0.369 e. The van der Waals surface area contributed by atoms with Gasteiger partial charge in [0.2, 0.25) is 11.2 Å². The van der Waals surface area contributed by atoms with Gasteiger partial charge in [0, 0.05) is 16.3 Å². The molecule has 2 unspecified atom stereocenters. The van der Waals surface area contributed by atoms with Crippen LogP contribution in [0.15, 0.2) is 32.7 Å². The van der Waals surface area contributed by atoms with Crippen LogP contribution in [0.3, 0.4) is 0 Å². The minimum atomic E-state index is -1.76. The number of amidine groups is 1. The summed E-state index contributed by atoms with van der Waals surface area (Å²) in [5.41, 5.74) is 5.25. The lowest BCUT2D eigenvalue weighted by Crippen LogP contribution is -2.42. The van der Waals surface area contributed by atoms with Gasteiger partial charge in [-0.25, -0.2) is 14.4 Å². The predicted molar refractivity (Wildman–Crippen MR) is 76.1 cm³/mol. The number of carbonyl (C=O) groups is 1. The van der Waals surface area contributed by atoms with Gasteiger partial charge in [-0.3, -0.25) is 4.79 Å². The Hall–Kier alpha value is -0.980. The molecule has 0 bridgehead atoms. The zero-order valence-corrected chi connectivity index (χ0v) is 12.4. The van der Waals surface area contributed by atoms with E-state index in [1.807, 2.05) is 0 Å². The highest BCUT2D eigenvalue weighted by molar-refractivity contribution is 9.10. The standard InChI is InChI=1S/C11H7BrCl2FN3O/c12-6-2-1-3-7(15)8(6)11(14)5(9(16)19)4-17-10(13)18-11/h1-5H,(H2,16,19). The highest BCUT2D eigenvalue weighted by Gasteiger charge is 2.46. The summed E-state index contributed by atoms with van der Waals surface area (Å²) < 4.78 is 14.4. The molecule has 2 atom stereocenters. The molecule has 0 radical (unpaired) electrons. The summed E-state index contributed by atoms with van der Waals surface area (Å²) in [6, 6.07) is 4.28. The molecule has 2 rings (SSSR count). The number of alkyl halides is 1. The fourth-order valence-corrected chi connectivity index (χ4v) is 3.20. The summed E-state index contributed by atoms with van der Waals surface area (Å²) in [5.74, 6) is -2.51. The van der Waals surface area contributed by atoms with E-state index in [9.17, 15) is 9.18 Å². The van der Waals surface area contributed by atoms with Crippen molar-refractivity contribution in [1.29, 1.82) is 0 Å². The molecule has 8 heteroatoms. The fourth-order valence-electron chi connectivity index (χ4n) is 1.77. The Morgan fingerprint density at radius 2 is 2.21 bits per heavy atom. The molecule has 0 saturated heterocycles. The number of carbonyl (C=O) groups excluding carboxylic acids is 1. The summed E-state index contributed by atoms with van der Waals surface area (Å²) in [6.45, 7) is 0. The normalized spacial score (nSPS) is 26.1. The molecular formula is C11H7BrCl2FN3O. The zero-order chi connectivity index (χ0) is 14.2. The second-order valence-corrected chi connectivity index (χ2v) is 5.58. The largest absolute Gasteiger partial charge is 0.369 e. The fraction of sp³-hybridized carbons (Fsp3) is 0.182. The number of nitrogens with two attached hydrogens (primary N) is 1. The van der Waals surface area contributed by atoms with E-state index in [4.69, 9.17) is 28.9 Å². The summed E-state index contributed by atoms with van der Waals surface area (Å²) in [7, 11) is 0. The van der Waals surface area contributed by atoms with E-state index in [1.165, 1.54) is 18.3 Å². The Balaban J connectivity index is 2.68. The summed E-state index contributed by atoms with van der Waals surface area (Å²) in [6.07, 6.45) is 1.17. The lowest BCUT2D eigenvalue weighted by atomic mass is 9.92. The molecule has 1 aromatic carbocycles. The van der Waals surface area contributed by atoms with E-state index in [0.717, 1.165) is 0 Å². The van der Waals surface area contributed by atoms with Gasteiger partial charge in [0.25, 0.3) is 0 Å². The first-order chi connectivity index (χ1) is 8.86. The maximum absolute atomic E-state index is 14.0. The summed E-state index contributed by atoms with van der Waals surface area (Å²) >= 11 is 15.2. The van der Waals surface area contributed by atoms with Crippen molar-refractivity contribution in [3.8, 4) is 0 Å². The minimum absolute atomic E-state index is 0.00948. The van der Waals surface area contributed by atoms with Crippen molar-refractivity contribution in [1.82, 2.24) is 0 Å². The molecular weight excluding hydrogens is 360 g/mol. The Bertz CT molecular complexity index is 587. The SMILES string of the molecule is NC(=O)C1C=NC(Cl)=NC1(Cl)c1c(F)cccc1Br. The topological polar surface area (TPSA) is 67.8 Å². The van der Waals surface area contributed by atoms with E-state index in [2.05, 4.69) is 25.9 Å². The van der Waals surface area contributed by atoms with Crippen molar-refractivity contribution in [3.63, 3.8) is 0 Å². The Kier molecular flexibility index (Phi) is 3.94. The van der Waals surface area contributed by atoms with Crippen molar-refractivity contribution in [2.75, 3.05) is 0 Å². The van der Waals surface area contributed by atoms with Gasteiger partial charge in [-0.05, 0) is 23.7 Å². The van der Waals surface area contributed by atoms with Crippen molar-refractivity contribution >= 4 is 56.5 Å². The van der Waals surface area contributed by atoms with Crippen LogP contribution < -0.4 is 5.73 Å². The number of primary amides is 1. The van der Waals surface area contributed by atoms with Gasteiger partial charge in [0.1, 0.15) is 11.7 Å². The van der Waals surface area contributed by atoms with Gasteiger partial charge in [-0.1, -0.05) is 33.6 Å². The van der Waals surface area contributed by atoms with Crippen molar-refractivity contribution in [2.45, 2.75) is 5.00 Å². The third kappa shape index (κ3) is 2.52. The van der Waals surface area contributed by atoms with Gasteiger partial charge < -0.3 is 5.73 Å². The number of aliphatic imine (C=N–C) groups is 2. The van der Waals surface area contributed by atoms with Gasteiger partial charge >= 0.3 is 0 Å². The molecule has 4 nitrogen and oxygen atoms in total. The summed E-state index contributed by atoms with van der Waals surface area (Å²) in [5, 5.41) is -0.178. The molecule has 0 spiro atoms. The number of hydrogen-bond acceptors (Lipinski definition) is 3. The zero-order valence-electron chi connectivity index (χ0n) is 9.28. The van der Waals surface area contributed by atoms with E-state index in [0.29, 0.717) is 4.47 Å². The molecule has 1 heterocycles. The number of rotatable bonds is 2. The number of amides is 1. The number of benzene rings is 1. The highest BCUT2D eigenvalue weighted by Crippen LogP contribution is 2.44. The molecule has 100 valence electrons. The second-order valence-electron chi connectivity index (χ2n) is 3.81. The van der Waals surface area contributed by atoms with Crippen molar-refractivity contribution in [3.05, 3.63) is 34.1 Å². The van der Waals surface area contributed by atoms with Crippen LogP contribution in [0.2, 0.25) is 0 Å². The number of hydrogen-bond donors (Lipinski definition) is 1. The van der Waals surface area contributed by atoms with Crippen LogP contribution in [0.1, 0.15) is 5.56 Å². The van der Waals surface area contributed by atoms with Gasteiger partial charge in [0.05, 0.1) is 0 Å². The van der Waals surface area contributed by atoms with Crippen molar-refractivity contribution in [2.24, 2.45) is 21.6 Å². The van der Waals surface area contributed by atoms with Crippen molar-refractivity contribution < 1.29 is 9.18 Å². The van der Waals surface area contributed by atoms with Gasteiger partial charge in [-0.2, -0.15) is 0 Å². The van der Waals surface area contributed by atoms with E-state index < -0.39 is 22.6 Å². The molecule has 1 aliphatic rings. The summed E-state index contributed by atoms with van der Waals surface area (Å²) in [4.78, 5) is 17.3. The lowest BCUT2D eigenvalue weighted by molar-refractivity contribution is -0.120. The second kappa shape index (κ2) is 5.19. The van der Waals surface area contributed by atoms with Crippen LogP contribution in [0.4, 0.5) is 4.39 Å². The Labute approximate surface area is 126 Å². The Morgan fingerprint density at radius 1 is 1.53 bits per heavy atom. The van der Waals surface area contributed by atoms with Crippen LogP contribution in [0.25, 0.3) is 0 Å². The van der Waals surface area contributed by atoms with E-state index in [1.54, 1.807) is 6.07 Å². The third-order valence-electron chi connectivity index (χ3n) is 2.62. The molecule has 1 aliphatic heterocycles. The molecule has 2 N–H and O–H groups in total. The van der Waals surface area contributed by atoms with Crippen LogP contribution in [0, 0.1) is 11.7 Å². The monoisotopic (exact) mass is 365 g/mol. The predicted octanol–water partition coefficient (Wildman–Crippen LogP) is 2.76.